The average Bonchev–Trinajstić information content (AvgIpc) is 3.08. The number of carbonyl (C=O) groups is 1. The molecule has 0 aromatic carbocycles. The third-order valence-electron chi connectivity index (χ3n) is 3.20. The number of hydrogen-bond donors (Lipinski definition) is 1. The van der Waals surface area contributed by atoms with Crippen molar-refractivity contribution in [1.29, 1.82) is 0 Å². The minimum atomic E-state index is -0.936. The molecule has 3 aromatic heterocycles. The second-order valence-corrected chi connectivity index (χ2v) is 7.14. The Kier molecular flexibility index (Phi) is 5.23. The van der Waals surface area contributed by atoms with Gasteiger partial charge in [0.25, 0.3) is 5.91 Å². The fourth-order valence-corrected chi connectivity index (χ4v) is 3.44. The minimum Gasteiger partial charge on any atom is -0.757 e. The van der Waals surface area contributed by atoms with Gasteiger partial charge < -0.3 is 32.6 Å². The summed E-state index contributed by atoms with van der Waals surface area (Å²) in [5.74, 6) is -2.06. The first-order valence-electron chi connectivity index (χ1n) is 6.89. The number of carbonyl (C=O) groups excluding carboxylic acids is 1. The second-order valence-electron chi connectivity index (χ2n) is 4.81. The largest absolute Gasteiger partial charge is 0.757 e. The van der Waals surface area contributed by atoms with Gasteiger partial charge in [0, 0.05) is 11.1 Å². The topological polar surface area (TPSA) is 64.1 Å². The molecule has 3 rings (SSSR count). The van der Waals surface area contributed by atoms with Crippen LogP contribution in [0.15, 0.2) is 36.8 Å². The highest BCUT2D eigenvalue weighted by Crippen LogP contribution is 2.33. The molecule has 1 radical (unpaired) electrons. The van der Waals surface area contributed by atoms with Crippen molar-refractivity contribution in [3.8, 4) is 16.3 Å². The Hall–Kier alpha value is -2.14. The number of methoxy groups -OCH3 is 1. The predicted molar refractivity (Wildman–Crippen MR) is 84.9 cm³/mol. The van der Waals surface area contributed by atoms with Crippen LogP contribution in [-0.4, -0.2) is 23.0 Å². The minimum absolute atomic E-state index is 0.298. The lowest BCUT2D eigenvalue weighted by atomic mass is 10.2. The van der Waals surface area contributed by atoms with Gasteiger partial charge >= 0.3 is 0 Å². The number of halogens is 3. The zero-order valence-corrected chi connectivity index (χ0v) is 15.7. The first-order valence-corrected chi connectivity index (χ1v) is 8.79. The lowest BCUT2D eigenvalue weighted by molar-refractivity contribution is -0.328. The Morgan fingerprint density at radius 3 is 2.64 bits per heavy atom. The van der Waals surface area contributed by atoms with E-state index in [0.29, 0.717) is 10.8 Å². The molecule has 129 valence electrons. The Morgan fingerprint density at radius 1 is 1.24 bits per heavy atom. The number of nitrogens with one attached hydrogen (secondary N) is 1. The zero-order chi connectivity index (χ0) is 18.0. The van der Waals surface area contributed by atoms with Crippen molar-refractivity contribution in [3.05, 3.63) is 56.9 Å². The SMILES string of the molecule is COc1ncc([I-])cc1-c1ccc(C(=O)Nc2c(F)cncc2F)s1. The summed E-state index contributed by atoms with van der Waals surface area (Å²) in [5.41, 5.74) is 0.211. The van der Waals surface area contributed by atoms with Crippen LogP contribution in [0.25, 0.3) is 10.4 Å². The average molecular weight is 473 g/mol. The van der Waals surface area contributed by atoms with E-state index >= 15 is 0 Å². The molecule has 1 amide bonds. The standard InChI is InChI=1S/C16H10F2IN3O2S/c1-24-16-9(4-8(19)5-21-16)12-2-3-13(25-12)15(23)22-14-10(17)6-20-7-11(14)18/h2-7H,1H3,(H,20,22,23)/q-1. The van der Waals surface area contributed by atoms with Crippen molar-refractivity contribution in [2.75, 3.05) is 12.4 Å². The molecule has 0 saturated carbocycles. The Balaban J connectivity index is 1.89. The van der Waals surface area contributed by atoms with Crippen molar-refractivity contribution in [1.82, 2.24) is 9.97 Å². The van der Waals surface area contributed by atoms with E-state index < -0.39 is 23.2 Å². The van der Waals surface area contributed by atoms with Crippen LogP contribution in [-0.2, 0) is 0 Å². The van der Waals surface area contributed by atoms with Crippen molar-refractivity contribution < 1.29 is 40.9 Å². The lowest BCUT2D eigenvalue weighted by Gasteiger charge is -2.10. The first-order chi connectivity index (χ1) is 12.0. The van der Waals surface area contributed by atoms with Crippen LogP contribution in [0, 0.1) is 15.2 Å². The number of pyridine rings is 2. The van der Waals surface area contributed by atoms with Crippen LogP contribution in [0.2, 0.25) is 0 Å². The molecule has 0 atom stereocenters. The van der Waals surface area contributed by atoms with Crippen LogP contribution >= 0.6 is 11.3 Å². The van der Waals surface area contributed by atoms with Crippen molar-refractivity contribution in [2.24, 2.45) is 0 Å². The first kappa shape index (κ1) is 17.7. The third-order valence-corrected chi connectivity index (χ3v) is 4.91. The molecule has 3 aromatic rings. The Bertz CT molecular complexity index is 929. The van der Waals surface area contributed by atoms with Gasteiger partial charge in [0.15, 0.2) is 11.6 Å². The summed E-state index contributed by atoms with van der Waals surface area (Å²) in [4.78, 5) is 20.9. The highest BCUT2D eigenvalue weighted by Gasteiger charge is 2.17. The smallest absolute Gasteiger partial charge is 0.265 e. The predicted octanol–water partition coefficient (Wildman–Crippen LogP) is 0.467. The van der Waals surface area contributed by atoms with Gasteiger partial charge in [-0.3, -0.25) is 9.78 Å². The van der Waals surface area contributed by atoms with Gasteiger partial charge in [-0.15, -0.1) is 11.3 Å². The van der Waals surface area contributed by atoms with Crippen molar-refractivity contribution >= 4 is 22.9 Å². The van der Waals surface area contributed by atoms with Crippen LogP contribution in [0.4, 0.5) is 14.5 Å². The fraction of sp³-hybridized carbons (Fsp3) is 0.0625. The van der Waals surface area contributed by atoms with Crippen molar-refractivity contribution in [2.45, 2.75) is 0 Å². The number of amides is 1. The maximum atomic E-state index is 13.6. The summed E-state index contributed by atoms with van der Waals surface area (Å²) in [7, 11) is 1.51. The number of thiophene rings is 1. The molecule has 5 nitrogen and oxygen atoms in total. The van der Waals surface area contributed by atoms with Crippen molar-refractivity contribution in [3.63, 3.8) is 0 Å². The third kappa shape index (κ3) is 3.76. The summed E-state index contributed by atoms with van der Waals surface area (Å²) in [6, 6.07) is 5.18. The number of rotatable bonds is 4. The van der Waals surface area contributed by atoms with Crippen LogP contribution in [0.3, 0.4) is 0 Å². The summed E-state index contributed by atoms with van der Waals surface area (Å²) < 4.78 is 33.3. The van der Waals surface area contributed by atoms with Crippen LogP contribution in [0.5, 0.6) is 5.88 Å². The molecular weight excluding hydrogens is 463 g/mol. The molecule has 0 spiro atoms. The summed E-state index contributed by atoms with van der Waals surface area (Å²) in [6.07, 6.45) is 3.33. The molecule has 25 heavy (non-hydrogen) atoms. The number of aromatic nitrogens is 2. The van der Waals surface area contributed by atoms with Crippen LogP contribution < -0.4 is 32.6 Å². The fourth-order valence-electron chi connectivity index (χ4n) is 2.08. The molecule has 0 aliphatic heterocycles. The number of hydrogen-bond acceptors (Lipinski definition) is 5. The monoisotopic (exact) mass is 473 g/mol. The van der Waals surface area contributed by atoms with E-state index in [1.54, 1.807) is 18.3 Å². The second kappa shape index (κ2) is 7.40. The summed E-state index contributed by atoms with van der Waals surface area (Å²) in [6.45, 7) is 0. The number of anilines is 1. The van der Waals surface area contributed by atoms with E-state index in [-0.39, 0.29) is 0 Å². The quantitative estimate of drug-likeness (QED) is 0.560. The molecule has 1 N–H and O–H groups in total. The maximum absolute atomic E-state index is 13.6. The summed E-state index contributed by atoms with van der Waals surface area (Å²) in [5, 5.41) is 2.23. The molecule has 0 fully saturated rings. The molecule has 3 heterocycles. The normalized spacial score (nSPS) is 10.6. The van der Waals surface area contributed by atoms with Crippen LogP contribution in [0.1, 0.15) is 9.67 Å². The van der Waals surface area contributed by atoms with E-state index in [9.17, 15) is 13.6 Å². The number of nitrogens with zero attached hydrogens (tertiary/aromatic N) is 2. The molecule has 9 heteroatoms. The molecular formula is C16H10F2IN3O2S-. The molecule has 0 bridgehead atoms. The van der Waals surface area contributed by atoms with Gasteiger partial charge in [-0.25, -0.2) is 13.8 Å². The van der Waals surface area contributed by atoms with E-state index in [4.69, 9.17) is 4.74 Å². The van der Waals surface area contributed by atoms with Gasteiger partial charge in [0.05, 0.1) is 29.9 Å². The molecule has 0 aliphatic carbocycles. The highest BCUT2D eigenvalue weighted by molar-refractivity contribution is 7.17. The summed E-state index contributed by atoms with van der Waals surface area (Å²) >= 11 is 3.29. The molecule has 0 unspecified atom stereocenters. The van der Waals surface area contributed by atoms with Gasteiger partial charge in [-0.05, 0) is 12.1 Å². The van der Waals surface area contributed by atoms with E-state index in [2.05, 4.69) is 37.9 Å². The van der Waals surface area contributed by atoms with Gasteiger partial charge in [-0.1, -0.05) is 6.07 Å². The number of ether oxygens (including phenoxy) is 1. The van der Waals surface area contributed by atoms with E-state index in [0.717, 1.165) is 26.4 Å². The van der Waals surface area contributed by atoms with Gasteiger partial charge in [0.1, 0.15) is 5.69 Å². The van der Waals surface area contributed by atoms with E-state index in [1.807, 2.05) is 6.07 Å². The molecule has 0 aliphatic rings. The van der Waals surface area contributed by atoms with Gasteiger partial charge in [0.2, 0.25) is 5.88 Å². The highest BCUT2D eigenvalue weighted by atomic mass is 127. The zero-order valence-electron chi connectivity index (χ0n) is 12.7. The van der Waals surface area contributed by atoms with Gasteiger partial charge in [-0.2, -0.15) is 3.57 Å². The lowest BCUT2D eigenvalue weighted by Crippen LogP contribution is -3.34. The maximum Gasteiger partial charge on any atom is 0.265 e. The van der Waals surface area contributed by atoms with E-state index in [1.165, 1.54) is 18.4 Å². The Labute approximate surface area is 159 Å². The Morgan fingerprint density at radius 2 is 1.96 bits per heavy atom. The molecule has 0 saturated heterocycles.